The Morgan fingerprint density at radius 1 is 1.32 bits per heavy atom. The van der Waals surface area contributed by atoms with Crippen LogP contribution in [-0.4, -0.2) is 25.1 Å². The third-order valence-corrected chi connectivity index (χ3v) is 5.69. The number of aryl methyl sites for hydroxylation is 1. The van der Waals surface area contributed by atoms with Crippen LogP contribution in [0.5, 0.6) is 0 Å². The van der Waals surface area contributed by atoms with Crippen molar-refractivity contribution in [3.05, 3.63) is 28.7 Å². The fraction of sp³-hybridized carbons (Fsp3) is 0.500. The number of sulfonamides is 1. The average Bonchev–Trinajstić information content (AvgIpc) is 2.76. The number of nitrogens with zero attached hydrogens (tertiary/aromatic N) is 1. The average molecular weight is 325 g/mol. The first kappa shape index (κ1) is 15.3. The van der Waals surface area contributed by atoms with Crippen LogP contribution in [-0.2, 0) is 17.1 Å². The lowest BCUT2D eigenvalue weighted by Gasteiger charge is -2.29. The molecule has 0 amide bonds. The van der Waals surface area contributed by atoms with Gasteiger partial charge in [-0.2, -0.15) is 0 Å². The first-order valence-electron chi connectivity index (χ1n) is 7.26. The second-order valence-electron chi connectivity index (χ2n) is 5.73. The van der Waals surface area contributed by atoms with Crippen LogP contribution in [0, 0.1) is 0 Å². The Morgan fingerprint density at radius 2 is 2.05 bits per heavy atom. The molecule has 1 heterocycles. The quantitative estimate of drug-likeness (QED) is 0.863. The van der Waals surface area contributed by atoms with Gasteiger partial charge in [0, 0.05) is 25.2 Å². The van der Waals surface area contributed by atoms with Gasteiger partial charge in [0.25, 0.3) is 0 Å². The van der Waals surface area contributed by atoms with E-state index in [1.807, 2.05) is 0 Å². The number of nitrogens with one attached hydrogen (secondary N) is 1. The van der Waals surface area contributed by atoms with E-state index in [2.05, 4.69) is 4.72 Å². The molecule has 7 nitrogen and oxygen atoms in total. The smallest absolute Gasteiger partial charge is 0.408 e. The highest BCUT2D eigenvalue weighted by atomic mass is 32.2. The molecule has 3 N–H and O–H groups in total. The van der Waals surface area contributed by atoms with E-state index >= 15 is 0 Å². The Morgan fingerprint density at radius 3 is 2.77 bits per heavy atom. The molecule has 0 spiro atoms. The molecule has 22 heavy (non-hydrogen) atoms. The molecule has 2 aromatic rings. The predicted molar refractivity (Wildman–Crippen MR) is 82.0 cm³/mol. The van der Waals surface area contributed by atoms with Crippen LogP contribution in [0.25, 0.3) is 11.1 Å². The molecule has 1 aliphatic carbocycles. The van der Waals surface area contributed by atoms with Crippen LogP contribution >= 0.6 is 0 Å². The van der Waals surface area contributed by atoms with Gasteiger partial charge in [0.2, 0.25) is 10.0 Å². The van der Waals surface area contributed by atoms with Gasteiger partial charge in [0.05, 0.1) is 10.4 Å². The number of hydrogen-bond donors (Lipinski definition) is 2. The van der Waals surface area contributed by atoms with Crippen molar-refractivity contribution in [1.82, 2.24) is 9.29 Å². The van der Waals surface area contributed by atoms with Crippen LogP contribution in [0.15, 0.2) is 32.3 Å². The van der Waals surface area contributed by atoms with Crippen LogP contribution < -0.4 is 16.2 Å². The van der Waals surface area contributed by atoms with Crippen molar-refractivity contribution in [3.8, 4) is 0 Å². The Labute approximate surface area is 128 Å². The minimum Gasteiger partial charge on any atom is -0.408 e. The van der Waals surface area contributed by atoms with Crippen LogP contribution in [0.2, 0.25) is 0 Å². The molecule has 0 saturated heterocycles. The molecule has 0 bridgehead atoms. The van der Waals surface area contributed by atoms with E-state index in [0.29, 0.717) is 5.52 Å². The van der Waals surface area contributed by atoms with Crippen LogP contribution in [0.3, 0.4) is 0 Å². The molecule has 3 rings (SSSR count). The summed E-state index contributed by atoms with van der Waals surface area (Å²) in [5.41, 5.74) is 6.79. The number of nitrogens with two attached hydrogens (primary N) is 1. The summed E-state index contributed by atoms with van der Waals surface area (Å²) in [6.45, 7) is 0. The molecule has 1 aliphatic rings. The second kappa shape index (κ2) is 5.53. The van der Waals surface area contributed by atoms with Crippen molar-refractivity contribution in [3.63, 3.8) is 0 Å². The number of fused-ring (bicyclic) bond motifs is 1. The lowest BCUT2D eigenvalue weighted by atomic mass is 9.92. The summed E-state index contributed by atoms with van der Waals surface area (Å²) in [5.74, 6) is -0.521. The second-order valence-corrected chi connectivity index (χ2v) is 7.45. The van der Waals surface area contributed by atoms with Gasteiger partial charge in [-0.1, -0.05) is 12.8 Å². The number of oxazole rings is 1. The third-order valence-electron chi connectivity index (χ3n) is 4.20. The predicted octanol–water partition coefficient (Wildman–Crippen LogP) is 0.680. The topological polar surface area (TPSA) is 107 Å². The van der Waals surface area contributed by atoms with E-state index in [9.17, 15) is 13.2 Å². The Balaban J connectivity index is 1.93. The summed E-state index contributed by atoms with van der Waals surface area (Å²) in [7, 11) is -2.12. The Kier molecular flexibility index (Phi) is 3.84. The van der Waals surface area contributed by atoms with E-state index in [-0.39, 0.29) is 22.6 Å². The highest BCUT2D eigenvalue weighted by Gasteiger charge is 2.27. The summed E-state index contributed by atoms with van der Waals surface area (Å²) in [6, 6.07) is 3.98. The van der Waals surface area contributed by atoms with E-state index in [1.54, 1.807) is 13.1 Å². The molecule has 0 aliphatic heterocycles. The molecule has 1 aromatic heterocycles. The zero-order chi connectivity index (χ0) is 15.9. The summed E-state index contributed by atoms with van der Waals surface area (Å²) in [6.07, 6.45) is 3.55. The Hall–Kier alpha value is -1.64. The van der Waals surface area contributed by atoms with E-state index in [4.69, 9.17) is 10.2 Å². The first-order valence-corrected chi connectivity index (χ1v) is 8.74. The van der Waals surface area contributed by atoms with Gasteiger partial charge in [-0.3, -0.25) is 4.57 Å². The monoisotopic (exact) mass is 325 g/mol. The fourth-order valence-corrected chi connectivity index (χ4v) is 4.19. The van der Waals surface area contributed by atoms with Crippen molar-refractivity contribution >= 4 is 21.1 Å². The largest absolute Gasteiger partial charge is 0.419 e. The van der Waals surface area contributed by atoms with Crippen molar-refractivity contribution in [1.29, 1.82) is 0 Å². The summed E-state index contributed by atoms with van der Waals surface area (Å²) in [4.78, 5) is 11.6. The molecule has 0 unspecified atom stereocenters. The highest BCUT2D eigenvalue weighted by molar-refractivity contribution is 7.89. The summed E-state index contributed by atoms with van der Waals surface area (Å²) < 4.78 is 34.0. The standard InChI is InChI=1S/C14H19N3O4S/c1-17-12-7-6-9(8-13(12)21-14(17)18)22(19,20)16-11-5-3-2-4-10(11)15/h6-8,10-11,16H,2-5,15H2,1H3/t10-,11-/m1/s1. The molecule has 120 valence electrons. The van der Waals surface area contributed by atoms with Gasteiger partial charge >= 0.3 is 5.76 Å². The van der Waals surface area contributed by atoms with Crippen molar-refractivity contribution in [2.75, 3.05) is 0 Å². The molecule has 0 radical (unpaired) electrons. The number of rotatable bonds is 3. The van der Waals surface area contributed by atoms with Crippen molar-refractivity contribution in [2.45, 2.75) is 42.7 Å². The lowest BCUT2D eigenvalue weighted by Crippen LogP contribution is -2.49. The normalized spacial score (nSPS) is 23.0. The maximum Gasteiger partial charge on any atom is 0.419 e. The van der Waals surface area contributed by atoms with Gasteiger partial charge in [-0.15, -0.1) is 0 Å². The maximum absolute atomic E-state index is 12.5. The van der Waals surface area contributed by atoms with Gasteiger partial charge in [-0.05, 0) is 25.0 Å². The molecule has 1 aromatic carbocycles. The number of aromatic nitrogens is 1. The molecular formula is C14H19N3O4S. The van der Waals surface area contributed by atoms with Crippen molar-refractivity contribution < 1.29 is 12.8 Å². The molecule has 1 fully saturated rings. The molecular weight excluding hydrogens is 306 g/mol. The number of benzene rings is 1. The van der Waals surface area contributed by atoms with E-state index in [0.717, 1.165) is 25.7 Å². The molecule has 2 atom stereocenters. The zero-order valence-electron chi connectivity index (χ0n) is 12.3. The molecule has 1 saturated carbocycles. The Bertz CT molecular complexity index is 853. The molecule has 8 heteroatoms. The SMILES string of the molecule is Cn1c(=O)oc2cc(S(=O)(=O)N[C@@H]3CCCC[C@H]3N)ccc21. The van der Waals surface area contributed by atoms with Gasteiger partial charge in [0.1, 0.15) is 0 Å². The van der Waals surface area contributed by atoms with E-state index < -0.39 is 15.8 Å². The highest BCUT2D eigenvalue weighted by Crippen LogP contribution is 2.21. The minimum absolute atomic E-state index is 0.0760. The fourth-order valence-electron chi connectivity index (χ4n) is 2.85. The van der Waals surface area contributed by atoms with Crippen molar-refractivity contribution in [2.24, 2.45) is 12.8 Å². The minimum atomic E-state index is -3.69. The zero-order valence-corrected chi connectivity index (χ0v) is 13.1. The summed E-state index contributed by atoms with van der Waals surface area (Å²) >= 11 is 0. The van der Waals surface area contributed by atoms with Crippen LogP contribution in [0.4, 0.5) is 0 Å². The first-order chi connectivity index (χ1) is 10.4. The van der Waals surface area contributed by atoms with Crippen LogP contribution in [0.1, 0.15) is 25.7 Å². The lowest BCUT2D eigenvalue weighted by molar-refractivity contribution is 0.361. The van der Waals surface area contributed by atoms with Gasteiger partial charge in [0.15, 0.2) is 5.58 Å². The van der Waals surface area contributed by atoms with Gasteiger partial charge in [-0.25, -0.2) is 17.9 Å². The van der Waals surface area contributed by atoms with E-state index in [1.165, 1.54) is 16.7 Å². The van der Waals surface area contributed by atoms with Gasteiger partial charge < -0.3 is 10.2 Å². The number of hydrogen-bond acceptors (Lipinski definition) is 5. The maximum atomic E-state index is 12.5. The third kappa shape index (κ3) is 2.69. The summed E-state index contributed by atoms with van der Waals surface area (Å²) in [5, 5.41) is 0.